The Hall–Kier alpha value is -2.54. The Morgan fingerprint density at radius 2 is 1.63 bits per heavy atom. The summed E-state index contributed by atoms with van der Waals surface area (Å²) in [6.07, 6.45) is -2.14. The molecule has 1 amide bonds. The number of ether oxygens (including phenoxy) is 1. The molecule has 0 heterocycles. The minimum Gasteiger partial charge on any atom is -0.406 e. The molecule has 0 unspecified atom stereocenters. The molecule has 0 fully saturated rings. The SMILES string of the molecule is CCCC[C@H](N)C(=O)NCc1ccc(-c2ccc(OC(F)(F)F)cc2)cc1. The quantitative estimate of drug-likeness (QED) is 0.714. The van der Waals surface area contributed by atoms with E-state index in [0.29, 0.717) is 13.0 Å². The molecule has 0 saturated heterocycles. The summed E-state index contributed by atoms with van der Waals surface area (Å²) in [6.45, 7) is 2.42. The van der Waals surface area contributed by atoms with Crippen molar-refractivity contribution in [1.29, 1.82) is 0 Å². The summed E-state index contributed by atoms with van der Waals surface area (Å²) < 4.78 is 40.4. The van der Waals surface area contributed by atoms with Gasteiger partial charge < -0.3 is 15.8 Å². The Balaban J connectivity index is 1.92. The largest absolute Gasteiger partial charge is 0.573 e. The molecule has 0 aliphatic rings. The highest BCUT2D eigenvalue weighted by molar-refractivity contribution is 5.81. The van der Waals surface area contributed by atoms with Gasteiger partial charge in [0.05, 0.1) is 6.04 Å². The van der Waals surface area contributed by atoms with Crippen LogP contribution in [0.3, 0.4) is 0 Å². The van der Waals surface area contributed by atoms with Crippen LogP contribution in [0, 0.1) is 0 Å². The minimum atomic E-state index is -4.70. The summed E-state index contributed by atoms with van der Waals surface area (Å²) in [5, 5.41) is 2.81. The highest BCUT2D eigenvalue weighted by Gasteiger charge is 2.30. The van der Waals surface area contributed by atoms with Crippen molar-refractivity contribution in [3.05, 3.63) is 54.1 Å². The fourth-order valence-corrected chi connectivity index (χ4v) is 2.54. The molecule has 146 valence electrons. The zero-order valence-electron chi connectivity index (χ0n) is 15.1. The van der Waals surface area contributed by atoms with E-state index >= 15 is 0 Å². The van der Waals surface area contributed by atoms with E-state index in [2.05, 4.69) is 10.1 Å². The lowest BCUT2D eigenvalue weighted by molar-refractivity contribution is -0.274. The molecule has 0 aliphatic carbocycles. The van der Waals surface area contributed by atoms with Crippen molar-refractivity contribution >= 4 is 5.91 Å². The van der Waals surface area contributed by atoms with Crippen LogP contribution in [0.5, 0.6) is 5.75 Å². The third-order valence-electron chi connectivity index (χ3n) is 4.05. The number of alkyl halides is 3. The van der Waals surface area contributed by atoms with E-state index in [1.807, 2.05) is 31.2 Å². The number of amides is 1. The fraction of sp³-hybridized carbons (Fsp3) is 0.350. The Bertz CT molecular complexity index is 728. The molecule has 2 aromatic rings. The van der Waals surface area contributed by atoms with Gasteiger partial charge in [0, 0.05) is 6.54 Å². The monoisotopic (exact) mass is 380 g/mol. The van der Waals surface area contributed by atoms with Crippen LogP contribution in [0.25, 0.3) is 11.1 Å². The Labute approximate surface area is 156 Å². The second-order valence-electron chi connectivity index (χ2n) is 6.24. The van der Waals surface area contributed by atoms with Crippen molar-refractivity contribution in [2.45, 2.75) is 45.1 Å². The van der Waals surface area contributed by atoms with Gasteiger partial charge >= 0.3 is 6.36 Å². The molecule has 0 spiro atoms. The zero-order valence-corrected chi connectivity index (χ0v) is 15.1. The molecule has 7 heteroatoms. The molecule has 3 N–H and O–H groups in total. The third-order valence-corrected chi connectivity index (χ3v) is 4.05. The van der Waals surface area contributed by atoms with E-state index in [1.54, 1.807) is 12.1 Å². The number of carbonyl (C=O) groups is 1. The first kappa shape index (κ1) is 20.8. The summed E-state index contributed by atoms with van der Waals surface area (Å²) in [7, 11) is 0. The molecule has 0 bridgehead atoms. The van der Waals surface area contributed by atoms with Crippen molar-refractivity contribution in [3.63, 3.8) is 0 Å². The number of unbranched alkanes of at least 4 members (excludes halogenated alkanes) is 1. The third kappa shape index (κ3) is 6.94. The normalized spacial score (nSPS) is 12.5. The van der Waals surface area contributed by atoms with Gasteiger partial charge in [-0.1, -0.05) is 56.2 Å². The fourth-order valence-electron chi connectivity index (χ4n) is 2.54. The summed E-state index contributed by atoms with van der Waals surface area (Å²) >= 11 is 0. The van der Waals surface area contributed by atoms with Crippen LogP contribution < -0.4 is 15.8 Å². The van der Waals surface area contributed by atoms with Crippen molar-refractivity contribution in [1.82, 2.24) is 5.32 Å². The molecule has 0 aromatic heterocycles. The maximum atomic E-state index is 12.2. The number of halogens is 3. The van der Waals surface area contributed by atoms with E-state index in [0.717, 1.165) is 29.5 Å². The Kier molecular flexibility index (Phi) is 7.24. The maximum absolute atomic E-state index is 12.2. The number of hydrogen-bond donors (Lipinski definition) is 2. The Morgan fingerprint density at radius 3 is 2.15 bits per heavy atom. The van der Waals surface area contributed by atoms with E-state index in [1.165, 1.54) is 12.1 Å². The highest BCUT2D eigenvalue weighted by atomic mass is 19.4. The van der Waals surface area contributed by atoms with E-state index in [-0.39, 0.29) is 11.7 Å². The van der Waals surface area contributed by atoms with Crippen LogP contribution in [-0.2, 0) is 11.3 Å². The highest BCUT2D eigenvalue weighted by Crippen LogP contribution is 2.26. The number of benzene rings is 2. The first-order valence-electron chi connectivity index (χ1n) is 8.77. The number of rotatable bonds is 8. The lowest BCUT2D eigenvalue weighted by Gasteiger charge is -2.12. The van der Waals surface area contributed by atoms with Gasteiger partial charge in [0.25, 0.3) is 0 Å². The predicted molar refractivity (Wildman–Crippen MR) is 97.9 cm³/mol. The van der Waals surface area contributed by atoms with Gasteiger partial charge in [-0.2, -0.15) is 0 Å². The summed E-state index contributed by atoms with van der Waals surface area (Å²) in [5.41, 5.74) is 8.35. The second kappa shape index (κ2) is 9.41. The van der Waals surface area contributed by atoms with Crippen LogP contribution in [0.1, 0.15) is 31.7 Å². The van der Waals surface area contributed by atoms with E-state index < -0.39 is 12.4 Å². The minimum absolute atomic E-state index is 0.173. The zero-order chi connectivity index (χ0) is 19.9. The lowest BCUT2D eigenvalue weighted by atomic mass is 10.0. The van der Waals surface area contributed by atoms with Crippen molar-refractivity contribution in [2.24, 2.45) is 5.73 Å². The predicted octanol–water partition coefficient (Wildman–Crippen LogP) is 4.39. The van der Waals surface area contributed by atoms with Gasteiger partial charge in [0.2, 0.25) is 5.91 Å². The van der Waals surface area contributed by atoms with Gasteiger partial charge in [-0.3, -0.25) is 4.79 Å². The van der Waals surface area contributed by atoms with E-state index in [9.17, 15) is 18.0 Å². The smallest absolute Gasteiger partial charge is 0.406 e. The van der Waals surface area contributed by atoms with Crippen molar-refractivity contribution < 1.29 is 22.7 Å². The molecule has 2 rings (SSSR count). The summed E-state index contributed by atoms with van der Waals surface area (Å²) in [6, 6.07) is 12.6. The average Bonchev–Trinajstić information content (AvgIpc) is 2.64. The van der Waals surface area contributed by atoms with Gasteiger partial charge in [-0.25, -0.2) is 0 Å². The topological polar surface area (TPSA) is 64.4 Å². The molecule has 2 aromatic carbocycles. The van der Waals surface area contributed by atoms with Crippen molar-refractivity contribution in [2.75, 3.05) is 0 Å². The van der Waals surface area contributed by atoms with Gasteiger partial charge in [0.1, 0.15) is 5.75 Å². The van der Waals surface area contributed by atoms with Gasteiger partial charge in [-0.15, -0.1) is 13.2 Å². The molecule has 4 nitrogen and oxygen atoms in total. The standard InChI is InChI=1S/C20H23F3N2O2/c1-2-3-4-18(24)19(26)25-13-14-5-7-15(8-6-14)16-9-11-17(12-10-16)27-20(21,22)23/h5-12,18H,2-4,13,24H2,1H3,(H,25,26)/t18-/m0/s1. The molecular formula is C20H23F3N2O2. The molecule has 1 atom stereocenters. The molecule has 0 aliphatic heterocycles. The molecular weight excluding hydrogens is 357 g/mol. The molecule has 0 saturated carbocycles. The van der Waals surface area contributed by atoms with Crippen LogP contribution in [-0.4, -0.2) is 18.3 Å². The van der Waals surface area contributed by atoms with Gasteiger partial charge in [0.15, 0.2) is 0 Å². The average molecular weight is 380 g/mol. The first-order valence-corrected chi connectivity index (χ1v) is 8.77. The molecule has 0 radical (unpaired) electrons. The maximum Gasteiger partial charge on any atom is 0.573 e. The first-order chi connectivity index (χ1) is 12.8. The lowest BCUT2D eigenvalue weighted by Crippen LogP contribution is -2.40. The Morgan fingerprint density at radius 1 is 1.07 bits per heavy atom. The van der Waals surface area contributed by atoms with Crippen LogP contribution in [0.4, 0.5) is 13.2 Å². The van der Waals surface area contributed by atoms with Crippen molar-refractivity contribution in [3.8, 4) is 16.9 Å². The van der Waals surface area contributed by atoms with Crippen LogP contribution in [0.15, 0.2) is 48.5 Å². The second-order valence-corrected chi connectivity index (χ2v) is 6.24. The van der Waals surface area contributed by atoms with E-state index in [4.69, 9.17) is 5.73 Å². The molecule has 27 heavy (non-hydrogen) atoms. The number of nitrogens with two attached hydrogens (primary N) is 1. The number of nitrogens with one attached hydrogen (secondary N) is 1. The van der Waals surface area contributed by atoms with Crippen LogP contribution >= 0.6 is 0 Å². The number of carbonyl (C=O) groups excluding carboxylic acids is 1. The summed E-state index contributed by atoms with van der Waals surface area (Å²) in [4.78, 5) is 11.9. The van der Waals surface area contributed by atoms with Gasteiger partial charge in [-0.05, 0) is 35.2 Å². The van der Waals surface area contributed by atoms with Crippen LogP contribution in [0.2, 0.25) is 0 Å². The number of hydrogen-bond acceptors (Lipinski definition) is 3. The summed E-state index contributed by atoms with van der Waals surface area (Å²) in [5.74, 6) is -0.433.